The van der Waals surface area contributed by atoms with E-state index in [1.165, 1.54) is 50.3 Å². The van der Waals surface area contributed by atoms with Gasteiger partial charge in [-0.1, -0.05) is 184 Å². The molecule has 0 aromatic carbocycles. The van der Waals surface area contributed by atoms with Gasteiger partial charge in [-0.05, 0) is 87.5 Å². The molecule has 6 aromatic rings. The lowest BCUT2D eigenvalue weighted by molar-refractivity contribution is 0.561. The van der Waals surface area contributed by atoms with Gasteiger partial charge in [0, 0.05) is 68.5 Å². The second-order valence-corrected chi connectivity index (χ2v) is 20.7. The lowest BCUT2D eigenvalue weighted by Crippen LogP contribution is -2.14. The molecular formula is C54H87N3. The van der Waals surface area contributed by atoms with E-state index in [2.05, 4.69) is 229 Å². The van der Waals surface area contributed by atoms with Crippen LogP contribution in [0.15, 0.2) is 91.4 Å². The molecule has 6 heterocycles. The number of aromatic nitrogens is 3. The molecule has 0 aliphatic rings. The van der Waals surface area contributed by atoms with Gasteiger partial charge in [0.1, 0.15) is 0 Å². The zero-order chi connectivity index (χ0) is 44.5. The SMILES string of the molecule is CC.CC.CC.CC(C)(C)c1cc(C(C)(C)C)n2ccccc12.CC(C)(C)c1cc(C(C)(C)C)n2ccccc12.CC(C)(C)c1cc(C(C)(C)C)n2ccccc12. The fourth-order valence-electron chi connectivity index (χ4n) is 6.99. The molecule has 6 rings (SSSR count). The van der Waals surface area contributed by atoms with Crippen LogP contribution in [0.1, 0.15) is 200 Å². The molecule has 0 spiro atoms. The molecule has 0 unspecified atom stereocenters. The van der Waals surface area contributed by atoms with Crippen molar-refractivity contribution < 1.29 is 0 Å². The molecule has 0 fully saturated rings. The summed E-state index contributed by atoms with van der Waals surface area (Å²) in [5.41, 5.74) is 13.6. The Balaban J connectivity index is 0.000000400. The molecule has 57 heavy (non-hydrogen) atoms. The zero-order valence-electron chi connectivity index (χ0n) is 41.5. The number of hydrogen-bond donors (Lipinski definition) is 0. The van der Waals surface area contributed by atoms with E-state index in [4.69, 9.17) is 0 Å². The number of hydrogen-bond acceptors (Lipinski definition) is 0. The predicted molar refractivity (Wildman–Crippen MR) is 258 cm³/mol. The van der Waals surface area contributed by atoms with Crippen molar-refractivity contribution in [2.24, 2.45) is 0 Å². The molecule has 3 nitrogen and oxygen atoms in total. The Hall–Kier alpha value is -3.72. The van der Waals surface area contributed by atoms with Gasteiger partial charge < -0.3 is 13.2 Å². The Morgan fingerprint density at radius 2 is 0.474 bits per heavy atom. The standard InChI is InChI=1S/3C16H23N.3C2H6/c3*1-15(2,3)12-11-14(16(4,5)6)17-10-8-7-9-13(12)17;3*1-2/h3*7-11H,1-6H3;3*1-2H3. The second kappa shape index (κ2) is 19.8. The minimum atomic E-state index is 0.174. The summed E-state index contributed by atoms with van der Waals surface area (Å²) < 4.78 is 7.00. The highest BCUT2D eigenvalue weighted by Gasteiger charge is 2.27. The summed E-state index contributed by atoms with van der Waals surface area (Å²) in [6.07, 6.45) is 6.52. The van der Waals surface area contributed by atoms with Crippen LogP contribution in [-0.2, 0) is 32.5 Å². The van der Waals surface area contributed by atoms with E-state index in [0.29, 0.717) is 0 Å². The molecule has 0 aliphatic heterocycles. The summed E-state index contributed by atoms with van der Waals surface area (Å²) in [6.45, 7) is 53.0. The minimum absolute atomic E-state index is 0.174. The first-order valence-electron chi connectivity index (χ1n) is 22.0. The van der Waals surface area contributed by atoms with Gasteiger partial charge in [0.25, 0.3) is 0 Å². The quantitative estimate of drug-likeness (QED) is 0.146. The molecule has 0 saturated heterocycles. The van der Waals surface area contributed by atoms with Crippen LogP contribution >= 0.6 is 0 Å². The van der Waals surface area contributed by atoms with Crippen molar-refractivity contribution in [1.29, 1.82) is 0 Å². The van der Waals surface area contributed by atoms with E-state index < -0.39 is 0 Å². The number of pyridine rings is 3. The first-order chi connectivity index (χ1) is 26.1. The van der Waals surface area contributed by atoms with Gasteiger partial charge in [-0.2, -0.15) is 0 Å². The van der Waals surface area contributed by atoms with Crippen LogP contribution < -0.4 is 0 Å². The zero-order valence-corrected chi connectivity index (χ0v) is 41.5. The van der Waals surface area contributed by atoms with E-state index in [9.17, 15) is 0 Å². The van der Waals surface area contributed by atoms with Gasteiger partial charge in [-0.15, -0.1) is 0 Å². The van der Waals surface area contributed by atoms with Crippen molar-refractivity contribution in [3.63, 3.8) is 0 Å². The third kappa shape index (κ3) is 12.9. The molecule has 318 valence electrons. The molecule has 3 heteroatoms. The molecule has 0 atom stereocenters. The normalized spacial score (nSPS) is 12.2. The molecule has 0 N–H and O–H groups in total. The fourth-order valence-corrected chi connectivity index (χ4v) is 6.99. The maximum Gasteiger partial charge on any atom is 0.0490 e. The van der Waals surface area contributed by atoms with Gasteiger partial charge in [0.05, 0.1) is 0 Å². The van der Waals surface area contributed by atoms with Crippen LogP contribution in [0.25, 0.3) is 16.6 Å². The first kappa shape index (κ1) is 51.3. The van der Waals surface area contributed by atoms with Gasteiger partial charge in [0.2, 0.25) is 0 Å². The van der Waals surface area contributed by atoms with Crippen molar-refractivity contribution in [2.75, 3.05) is 0 Å². The van der Waals surface area contributed by atoms with Crippen molar-refractivity contribution in [3.8, 4) is 0 Å². The van der Waals surface area contributed by atoms with Crippen LogP contribution in [0, 0.1) is 0 Å². The van der Waals surface area contributed by atoms with Crippen molar-refractivity contribution in [1.82, 2.24) is 13.2 Å². The maximum atomic E-state index is 2.37. The topological polar surface area (TPSA) is 13.2 Å². The number of fused-ring (bicyclic) bond motifs is 3. The third-order valence-electron chi connectivity index (χ3n) is 9.76. The monoisotopic (exact) mass is 778 g/mol. The lowest BCUT2D eigenvalue weighted by Gasteiger charge is -2.18. The van der Waals surface area contributed by atoms with Crippen molar-refractivity contribution in [2.45, 2.75) is 199 Å². The smallest absolute Gasteiger partial charge is 0.0490 e. The molecule has 0 bridgehead atoms. The second-order valence-electron chi connectivity index (χ2n) is 20.7. The summed E-state index contributed by atoms with van der Waals surface area (Å²) in [5, 5.41) is 0. The van der Waals surface area contributed by atoms with E-state index in [0.717, 1.165) is 0 Å². The van der Waals surface area contributed by atoms with E-state index in [-0.39, 0.29) is 32.5 Å². The Bertz CT molecular complexity index is 1700. The Kier molecular flexibility index (Phi) is 17.8. The van der Waals surface area contributed by atoms with Crippen LogP contribution in [0.2, 0.25) is 0 Å². The fraction of sp³-hybridized carbons (Fsp3) is 0.556. The third-order valence-corrected chi connectivity index (χ3v) is 9.76. The molecule has 0 aliphatic carbocycles. The highest BCUT2D eigenvalue weighted by atomic mass is 14.9. The van der Waals surface area contributed by atoms with Crippen LogP contribution in [0.5, 0.6) is 0 Å². The summed E-state index contributed by atoms with van der Waals surface area (Å²) >= 11 is 0. The highest BCUT2D eigenvalue weighted by molar-refractivity contribution is 5.63. The van der Waals surface area contributed by atoms with E-state index in [1.54, 1.807) is 0 Å². The van der Waals surface area contributed by atoms with Gasteiger partial charge >= 0.3 is 0 Å². The van der Waals surface area contributed by atoms with Crippen molar-refractivity contribution in [3.05, 3.63) is 125 Å². The molecular weight excluding hydrogens is 691 g/mol. The summed E-state index contributed by atoms with van der Waals surface area (Å²) in [5.74, 6) is 0. The average molecular weight is 778 g/mol. The largest absolute Gasteiger partial charge is 0.320 e. The molecule has 0 saturated carbocycles. The Morgan fingerprint density at radius 1 is 0.281 bits per heavy atom. The predicted octanol–water partition coefficient (Wildman–Crippen LogP) is 16.7. The van der Waals surface area contributed by atoms with Crippen LogP contribution in [0.4, 0.5) is 0 Å². The van der Waals surface area contributed by atoms with Gasteiger partial charge in [-0.3, -0.25) is 0 Å². The molecule has 0 radical (unpaired) electrons. The first-order valence-corrected chi connectivity index (χ1v) is 22.0. The molecule has 6 aromatic heterocycles. The van der Waals surface area contributed by atoms with Gasteiger partial charge in [0.15, 0.2) is 0 Å². The summed E-state index contributed by atoms with van der Waals surface area (Å²) in [4.78, 5) is 0. The van der Waals surface area contributed by atoms with Crippen LogP contribution in [-0.4, -0.2) is 13.2 Å². The Labute approximate surface area is 352 Å². The summed E-state index contributed by atoms with van der Waals surface area (Å²) in [7, 11) is 0. The van der Waals surface area contributed by atoms with E-state index >= 15 is 0 Å². The molecule has 0 amide bonds. The van der Waals surface area contributed by atoms with E-state index in [1.807, 2.05) is 41.5 Å². The number of nitrogens with zero attached hydrogens (tertiary/aromatic N) is 3. The van der Waals surface area contributed by atoms with Gasteiger partial charge in [-0.25, -0.2) is 0 Å². The average Bonchev–Trinajstić information content (AvgIpc) is 3.83. The highest BCUT2D eigenvalue weighted by Crippen LogP contribution is 2.36. The lowest BCUT2D eigenvalue weighted by atomic mass is 9.85. The summed E-state index contributed by atoms with van der Waals surface area (Å²) in [6, 6.07) is 26.4. The minimum Gasteiger partial charge on any atom is -0.320 e. The maximum absolute atomic E-state index is 2.37. The Morgan fingerprint density at radius 3 is 0.632 bits per heavy atom. The number of rotatable bonds is 0. The van der Waals surface area contributed by atoms with Crippen molar-refractivity contribution >= 4 is 16.6 Å². The van der Waals surface area contributed by atoms with Crippen LogP contribution in [0.3, 0.4) is 0 Å².